The maximum absolute atomic E-state index is 12.0. The molecule has 2 atom stereocenters. The van der Waals surface area contributed by atoms with Crippen LogP contribution in [0.2, 0.25) is 0 Å². The quantitative estimate of drug-likeness (QED) is 0.326. The summed E-state index contributed by atoms with van der Waals surface area (Å²) in [5.74, 6) is -2.71. The molecule has 0 aromatic rings. The van der Waals surface area contributed by atoms with Gasteiger partial charge in [-0.3, -0.25) is 14.4 Å². The van der Waals surface area contributed by atoms with Crippen molar-refractivity contribution in [3.05, 3.63) is 23.3 Å². The van der Waals surface area contributed by atoms with Crippen LogP contribution in [0.5, 0.6) is 0 Å². The molecule has 2 aliphatic carbocycles. The molecule has 0 aromatic heterocycles. The molecular formula is C15H18O6. The van der Waals surface area contributed by atoms with Crippen LogP contribution < -0.4 is 0 Å². The number of methoxy groups -OCH3 is 2. The van der Waals surface area contributed by atoms with Crippen LogP contribution >= 0.6 is 0 Å². The number of allylic oxidation sites excluding steroid dienone is 2. The number of carbonyl (C=O) groups is 3. The van der Waals surface area contributed by atoms with E-state index >= 15 is 0 Å². The third-order valence-corrected chi connectivity index (χ3v) is 3.92. The first-order chi connectivity index (χ1) is 9.99. The van der Waals surface area contributed by atoms with E-state index in [-0.39, 0.29) is 18.4 Å². The number of rotatable bonds is 5. The molecule has 114 valence electrons. The molecular weight excluding hydrogens is 276 g/mol. The molecule has 0 radical (unpaired) electrons. The summed E-state index contributed by atoms with van der Waals surface area (Å²) < 4.78 is 14.5. The van der Waals surface area contributed by atoms with Gasteiger partial charge in [0.1, 0.15) is 6.61 Å². The molecule has 21 heavy (non-hydrogen) atoms. The van der Waals surface area contributed by atoms with Crippen molar-refractivity contribution in [3.63, 3.8) is 0 Å². The van der Waals surface area contributed by atoms with Crippen LogP contribution in [0.1, 0.15) is 13.3 Å². The molecule has 0 saturated heterocycles. The lowest BCUT2D eigenvalue weighted by Gasteiger charge is -2.21. The van der Waals surface area contributed by atoms with Gasteiger partial charge in [-0.1, -0.05) is 12.2 Å². The molecule has 0 heterocycles. The molecule has 6 heteroatoms. The summed E-state index contributed by atoms with van der Waals surface area (Å²) in [6, 6.07) is 0. The van der Waals surface area contributed by atoms with Crippen LogP contribution in [-0.2, 0) is 28.6 Å². The van der Waals surface area contributed by atoms with Crippen LogP contribution in [0.25, 0.3) is 0 Å². The van der Waals surface area contributed by atoms with E-state index in [2.05, 4.69) is 0 Å². The van der Waals surface area contributed by atoms with Gasteiger partial charge in [0, 0.05) is 18.8 Å². The Balaban J connectivity index is 2.36. The second kappa shape index (κ2) is 6.11. The summed E-state index contributed by atoms with van der Waals surface area (Å²) in [6.45, 7) is 1.40. The average Bonchev–Trinajstić information content (AvgIpc) is 3.06. The molecule has 0 spiro atoms. The lowest BCUT2D eigenvalue weighted by Crippen LogP contribution is -2.31. The Kier molecular flexibility index (Phi) is 4.45. The standard InChI is InChI=1S/C15H18O6/c1-8(16)21-7-11-9-4-5-10(6-9)12(11)13(14(17)19-2)15(18)20-3/h4-5,9-10,13H,6-7H2,1-3H3/t9-,10+/m0/s1. The van der Waals surface area contributed by atoms with Crippen LogP contribution in [0.3, 0.4) is 0 Å². The van der Waals surface area contributed by atoms with Crippen molar-refractivity contribution in [2.24, 2.45) is 17.8 Å². The van der Waals surface area contributed by atoms with E-state index in [0.29, 0.717) is 5.57 Å². The highest BCUT2D eigenvalue weighted by atomic mass is 16.5. The number of ether oxygens (including phenoxy) is 3. The summed E-state index contributed by atoms with van der Waals surface area (Å²) in [4.78, 5) is 35.0. The molecule has 0 saturated carbocycles. The third-order valence-electron chi connectivity index (χ3n) is 3.92. The van der Waals surface area contributed by atoms with Gasteiger partial charge in [-0.2, -0.15) is 0 Å². The minimum atomic E-state index is -1.09. The van der Waals surface area contributed by atoms with E-state index in [0.717, 1.165) is 12.0 Å². The zero-order chi connectivity index (χ0) is 15.6. The second-order valence-corrected chi connectivity index (χ2v) is 5.07. The van der Waals surface area contributed by atoms with E-state index in [1.54, 1.807) is 0 Å². The average molecular weight is 294 g/mol. The van der Waals surface area contributed by atoms with E-state index in [9.17, 15) is 14.4 Å². The Bertz CT molecular complexity index is 514. The van der Waals surface area contributed by atoms with Crippen molar-refractivity contribution < 1.29 is 28.6 Å². The van der Waals surface area contributed by atoms with E-state index in [4.69, 9.17) is 14.2 Å². The van der Waals surface area contributed by atoms with Crippen LogP contribution in [0.4, 0.5) is 0 Å². The minimum Gasteiger partial charge on any atom is -0.468 e. The molecule has 2 aliphatic rings. The van der Waals surface area contributed by atoms with E-state index < -0.39 is 23.8 Å². The largest absolute Gasteiger partial charge is 0.468 e. The van der Waals surface area contributed by atoms with Gasteiger partial charge in [0.15, 0.2) is 5.92 Å². The number of esters is 3. The maximum Gasteiger partial charge on any atom is 0.324 e. The Morgan fingerprint density at radius 2 is 1.71 bits per heavy atom. The Labute approximate surface area is 122 Å². The minimum absolute atomic E-state index is 0.0104. The molecule has 0 N–H and O–H groups in total. The SMILES string of the molecule is COC(=O)C(C(=O)OC)C1=C(COC(C)=O)[C@H]2C=C[C@@H]1C2. The van der Waals surface area contributed by atoms with Gasteiger partial charge in [-0.25, -0.2) is 0 Å². The van der Waals surface area contributed by atoms with Crippen LogP contribution in [0, 0.1) is 17.8 Å². The van der Waals surface area contributed by atoms with Crippen molar-refractivity contribution in [1.82, 2.24) is 0 Å². The number of hydrogen-bond acceptors (Lipinski definition) is 6. The molecule has 0 aliphatic heterocycles. The van der Waals surface area contributed by atoms with Crippen molar-refractivity contribution in [1.29, 1.82) is 0 Å². The Morgan fingerprint density at radius 3 is 2.24 bits per heavy atom. The molecule has 2 bridgehead atoms. The highest BCUT2D eigenvalue weighted by molar-refractivity contribution is 5.98. The van der Waals surface area contributed by atoms with E-state index in [1.807, 2.05) is 12.2 Å². The molecule has 6 nitrogen and oxygen atoms in total. The lowest BCUT2D eigenvalue weighted by molar-refractivity contribution is -0.156. The summed E-state index contributed by atoms with van der Waals surface area (Å²) in [6.07, 6.45) is 4.77. The Morgan fingerprint density at radius 1 is 1.14 bits per heavy atom. The first-order valence-electron chi connectivity index (χ1n) is 6.69. The van der Waals surface area contributed by atoms with Gasteiger partial charge in [-0.15, -0.1) is 0 Å². The van der Waals surface area contributed by atoms with Gasteiger partial charge in [0.25, 0.3) is 0 Å². The first kappa shape index (κ1) is 15.3. The summed E-state index contributed by atoms with van der Waals surface area (Å²) >= 11 is 0. The van der Waals surface area contributed by atoms with Gasteiger partial charge in [0.05, 0.1) is 14.2 Å². The summed E-state index contributed by atoms with van der Waals surface area (Å²) in [7, 11) is 2.46. The summed E-state index contributed by atoms with van der Waals surface area (Å²) in [5, 5.41) is 0. The second-order valence-electron chi connectivity index (χ2n) is 5.07. The fourth-order valence-corrected chi connectivity index (χ4v) is 3.00. The number of carbonyl (C=O) groups excluding carboxylic acids is 3. The normalized spacial score (nSPS) is 22.7. The monoisotopic (exact) mass is 294 g/mol. The topological polar surface area (TPSA) is 78.9 Å². The fourth-order valence-electron chi connectivity index (χ4n) is 3.00. The number of fused-ring (bicyclic) bond motifs is 2. The molecule has 0 fully saturated rings. The molecule has 0 unspecified atom stereocenters. The van der Waals surface area contributed by atoms with Crippen LogP contribution in [0.15, 0.2) is 23.3 Å². The van der Waals surface area contributed by atoms with Gasteiger partial charge < -0.3 is 14.2 Å². The van der Waals surface area contributed by atoms with Gasteiger partial charge in [-0.05, 0) is 17.6 Å². The molecule has 0 amide bonds. The smallest absolute Gasteiger partial charge is 0.324 e. The Hall–Kier alpha value is -2.11. The van der Waals surface area contributed by atoms with Crippen molar-refractivity contribution in [3.8, 4) is 0 Å². The predicted molar refractivity (Wildman–Crippen MR) is 71.9 cm³/mol. The maximum atomic E-state index is 12.0. The lowest BCUT2D eigenvalue weighted by atomic mass is 9.86. The zero-order valence-electron chi connectivity index (χ0n) is 12.3. The molecule has 2 rings (SSSR count). The van der Waals surface area contributed by atoms with Gasteiger partial charge >= 0.3 is 17.9 Å². The summed E-state index contributed by atoms with van der Waals surface area (Å²) in [5.41, 5.74) is 1.46. The predicted octanol–water partition coefficient (Wildman–Crippen LogP) is 1.01. The highest BCUT2D eigenvalue weighted by Gasteiger charge is 2.45. The van der Waals surface area contributed by atoms with Gasteiger partial charge in [0.2, 0.25) is 0 Å². The van der Waals surface area contributed by atoms with Crippen LogP contribution in [-0.4, -0.2) is 38.7 Å². The van der Waals surface area contributed by atoms with Crippen molar-refractivity contribution in [2.45, 2.75) is 13.3 Å². The third kappa shape index (κ3) is 2.84. The molecule has 0 aromatic carbocycles. The van der Waals surface area contributed by atoms with E-state index in [1.165, 1.54) is 21.1 Å². The number of hydrogen-bond donors (Lipinski definition) is 0. The first-order valence-corrected chi connectivity index (χ1v) is 6.69. The zero-order valence-corrected chi connectivity index (χ0v) is 12.3. The fraction of sp³-hybridized carbons (Fsp3) is 0.533. The van der Waals surface area contributed by atoms with Crippen molar-refractivity contribution in [2.75, 3.05) is 20.8 Å². The highest BCUT2D eigenvalue weighted by Crippen LogP contribution is 2.47. The van der Waals surface area contributed by atoms with Crippen molar-refractivity contribution >= 4 is 17.9 Å².